The van der Waals surface area contributed by atoms with Crippen LogP contribution in [0.2, 0.25) is 0 Å². The number of imide groups is 1. The van der Waals surface area contributed by atoms with E-state index in [1.54, 1.807) is 4.90 Å². The Morgan fingerprint density at radius 3 is 2.61 bits per heavy atom. The third-order valence-electron chi connectivity index (χ3n) is 6.39. The van der Waals surface area contributed by atoms with Crippen molar-refractivity contribution in [3.63, 3.8) is 0 Å². The minimum atomic E-state index is -0.770. The quantitative estimate of drug-likeness (QED) is 0.418. The van der Waals surface area contributed by atoms with Crippen LogP contribution in [-0.2, 0) is 25.7 Å². The number of aldehydes is 1. The standard InChI is InChI=1S/C20H22N4O4/c25-10-17(26)19-15-6-14(23-8-12-5-13(9-23)21-12)2-1-11(15)7-24(19)16-3-4-18(27)22-20(16)28/h1-2,6,10,12-13,16,19,21H,3-5,7-9H2,(H,22,27,28). The van der Waals surface area contributed by atoms with Crippen LogP contribution < -0.4 is 15.5 Å². The molecule has 8 heteroatoms. The van der Waals surface area contributed by atoms with Gasteiger partial charge in [0.15, 0.2) is 6.29 Å². The molecular formula is C20H22N4O4. The van der Waals surface area contributed by atoms with E-state index in [1.165, 1.54) is 6.42 Å². The maximum absolute atomic E-state index is 12.5. The zero-order valence-electron chi connectivity index (χ0n) is 15.4. The van der Waals surface area contributed by atoms with Crippen molar-refractivity contribution in [2.75, 3.05) is 18.0 Å². The first-order valence-corrected chi connectivity index (χ1v) is 9.76. The Balaban J connectivity index is 1.46. The van der Waals surface area contributed by atoms with Gasteiger partial charge >= 0.3 is 0 Å². The molecule has 5 aliphatic rings. The molecule has 4 unspecified atom stereocenters. The molecule has 0 saturated carbocycles. The van der Waals surface area contributed by atoms with Crippen LogP contribution in [-0.4, -0.2) is 60.0 Å². The van der Waals surface area contributed by atoms with E-state index in [0.717, 1.165) is 29.9 Å². The summed E-state index contributed by atoms with van der Waals surface area (Å²) in [6.45, 7) is 2.27. The molecule has 1 aromatic carbocycles. The van der Waals surface area contributed by atoms with Crippen molar-refractivity contribution in [3.8, 4) is 0 Å². The summed E-state index contributed by atoms with van der Waals surface area (Å²) in [5.41, 5.74) is 2.80. The smallest absolute Gasteiger partial charge is 0.243 e. The van der Waals surface area contributed by atoms with Crippen molar-refractivity contribution < 1.29 is 19.2 Å². The van der Waals surface area contributed by atoms with Crippen LogP contribution in [0.15, 0.2) is 18.2 Å². The number of carbonyl (C=O) groups excluding carboxylic acids is 4. The number of amides is 2. The number of piperidine rings is 2. The Morgan fingerprint density at radius 2 is 1.93 bits per heavy atom. The van der Waals surface area contributed by atoms with Gasteiger partial charge in [-0.25, -0.2) is 0 Å². The molecule has 0 aromatic heterocycles. The normalized spacial score (nSPS) is 31.8. The van der Waals surface area contributed by atoms with Gasteiger partial charge in [0, 0.05) is 43.8 Å². The lowest BCUT2D eigenvalue weighted by Gasteiger charge is -2.49. The summed E-state index contributed by atoms with van der Waals surface area (Å²) in [6, 6.07) is 5.72. The molecule has 146 valence electrons. The van der Waals surface area contributed by atoms with Crippen LogP contribution in [0.3, 0.4) is 0 Å². The van der Waals surface area contributed by atoms with E-state index in [9.17, 15) is 19.2 Å². The lowest BCUT2D eigenvalue weighted by atomic mass is 9.90. The number of fused-ring (bicyclic) bond motifs is 3. The van der Waals surface area contributed by atoms with E-state index >= 15 is 0 Å². The van der Waals surface area contributed by atoms with Crippen molar-refractivity contribution >= 4 is 29.6 Å². The largest absolute Gasteiger partial charge is 0.368 e. The second-order valence-electron chi connectivity index (χ2n) is 8.15. The average Bonchev–Trinajstić information content (AvgIpc) is 3.05. The van der Waals surface area contributed by atoms with Gasteiger partial charge in [-0.1, -0.05) is 6.07 Å². The third-order valence-corrected chi connectivity index (χ3v) is 6.39. The summed E-state index contributed by atoms with van der Waals surface area (Å²) in [4.78, 5) is 51.8. The van der Waals surface area contributed by atoms with Gasteiger partial charge in [-0.15, -0.1) is 0 Å². The number of Topliss-reactive ketones (excluding diaryl/α,β-unsaturated/α-hetero) is 1. The lowest BCUT2D eigenvalue weighted by molar-refractivity contribution is -0.141. The summed E-state index contributed by atoms with van der Waals surface area (Å²) in [5.74, 6) is -1.24. The summed E-state index contributed by atoms with van der Waals surface area (Å²) >= 11 is 0. The Bertz CT molecular complexity index is 869. The van der Waals surface area contributed by atoms with Gasteiger partial charge in [-0.2, -0.15) is 0 Å². The SMILES string of the molecule is O=CC(=O)C1c2cc(N3CC4CC(C3)N4)ccc2CN1C1CCC(=O)NC1=O. The summed E-state index contributed by atoms with van der Waals surface area (Å²) in [6.07, 6.45) is 2.14. The first kappa shape index (κ1) is 17.5. The number of rotatable bonds is 4. The Hall–Kier alpha value is -2.58. The highest BCUT2D eigenvalue weighted by Crippen LogP contribution is 2.40. The molecule has 2 amide bonds. The monoisotopic (exact) mass is 382 g/mol. The van der Waals surface area contributed by atoms with Crippen LogP contribution in [0, 0.1) is 0 Å². The molecule has 2 bridgehead atoms. The van der Waals surface area contributed by atoms with Gasteiger partial charge < -0.3 is 10.2 Å². The predicted molar refractivity (Wildman–Crippen MR) is 99.5 cm³/mol. The van der Waals surface area contributed by atoms with E-state index in [-0.39, 0.29) is 12.3 Å². The average molecular weight is 382 g/mol. The Labute approximate surface area is 162 Å². The summed E-state index contributed by atoms with van der Waals surface area (Å²) in [7, 11) is 0. The number of nitrogens with one attached hydrogen (secondary N) is 2. The van der Waals surface area contributed by atoms with Crippen molar-refractivity contribution in [2.45, 2.75) is 50.0 Å². The highest BCUT2D eigenvalue weighted by molar-refractivity contribution is 6.27. The molecule has 4 fully saturated rings. The Kier molecular flexibility index (Phi) is 4.06. The molecule has 5 aliphatic heterocycles. The molecule has 8 nitrogen and oxygen atoms in total. The summed E-state index contributed by atoms with van der Waals surface area (Å²) in [5, 5.41) is 5.85. The molecule has 28 heavy (non-hydrogen) atoms. The number of ketones is 1. The number of piperazine rings is 1. The molecular weight excluding hydrogens is 360 g/mol. The molecule has 0 aliphatic carbocycles. The second-order valence-corrected chi connectivity index (χ2v) is 8.15. The number of anilines is 1. The first-order chi connectivity index (χ1) is 13.5. The van der Waals surface area contributed by atoms with Gasteiger partial charge in [0.2, 0.25) is 17.6 Å². The minimum Gasteiger partial charge on any atom is -0.368 e. The summed E-state index contributed by atoms with van der Waals surface area (Å²) < 4.78 is 0. The maximum Gasteiger partial charge on any atom is 0.243 e. The molecule has 4 atom stereocenters. The number of hydrogen-bond acceptors (Lipinski definition) is 7. The van der Waals surface area contributed by atoms with E-state index in [2.05, 4.69) is 21.6 Å². The van der Waals surface area contributed by atoms with Gasteiger partial charge in [0.05, 0.1) is 6.04 Å². The Morgan fingerprint density at radius 1 is 1.18 bits per heavy atom. The molecule has 0 spiro atoms. The van der Waals surface area contributed by atoms with Crippen molar-refractivity contribution in [2.24, 2.45) is 0 Å². The van der Waals surface area contributed by atoms with Crippen LogP contribution in [0.25, 0.3) is 0 Å². The maximum atomic E-state index is 12.5. The second kappa shape index (κ2) is 6.49. The van der Waals surface area contributed by atoms with Gasteiger partial charge in [0.1, 0.15) is 6.04 Å². The fourth-order valence-corrected chi connectivity index (χ4v) is 5.04. The molecule has 5 heterocycles. The molecule has 6 rings (SSSR count). The lowest BCUT2D eigenvalue weighted by Crippen LogP contribution is -2.67. The van der Waals surface area contributed by atoms with E-state index in [4.69, 9.17) is 0 Å². The fourth-order valence-electron chi connectivity index (χ4n) is 5.04. The third kappa shape index (κ3) is 2.75. The van der Waals surface area contributed by atoms with Crippen molar-refractivity contribution in [1.82, 2.24) is 15.5 Å². The highest BCUT2D eigenvalue weighted by Gasteiger charge is 2.44. The topological polar surface area (TPSA) is 98.8 Å². The van der Waals surface area contributed by atoms with E-state index in [1.807, 2.05) is 12.1 Å². The van der Waals surface area contributed by atoms with Crippen molar-refractivity contribution in [1.29, 1.82) is 0 Å². The molecule has 2 N–H and O–H groups in total. The van der Waals surface area contributed by atoms with Gasteiger partial charge in [-0.3, -0.25) is 29.4 Å². The number of benzene rings is 1. The minimum absolute atomic E-state index is 0.236. The van der Waals surface area contributed by atoms with E-state index < -0.39 is 23.8 Å². The van der Waals surface area contributed by atoms with Crippen LogP contribution in [0.1, 0.15) is 36.4 Å². The number of hydrogen-bond donors (Lipinski definition) is 2. The number of carbonyl (C=O) groups is 4. The van der Waals surface area contributed by atoms with Crippen LogP contribution >= 0.6 is 0 Å². The predicted octanol–water partition coefficient (Wildman–Crippen LogP) is -0.333. The fraction of sp³-hybridized carbons (Fsp3) is 0.500. The highest BCUT2D eigenvalue weighted by atomic mass is 16.2. The zero-order valence-corrected chi connectivity index (χ0v) is 15.4. The van der Waals surface area contributed by atoms with Gasteiger partial charge in [0.25, 0.3) is 0 Å². The van der Waals surface area contributed by atoms with Crippen LogP contribution in [0.5, 0.6) is 0 Å². The van der Waals surface area contributed by atoms with Crippen molar-refractivity contribution in [3.05, 3.63) is 29.3 Å². The number of nitrogens with zero attached hydrogens (tertiary/aromatic N) is 2. The molecule has 1 aromatic rings. The first-order valence-electron chi connectivity index (χ1n) is 9.76. The molecule has 4 saturated heterocycles. The zero-order chi connectivity index (χ0) is 19.4. The van der Waals surface area contributed by atoms with Gasteiger partial charge in [-0.05, 0) is 36.1 Å². The van der Waals surface area contributed by atoms with E-state index in [0.29, 0.717) is 31.3 Å². The molecule has 0 radical (unpaired) electrons. The van der Waals surface area contributed by atoms with Crippen LogP contribution in [0.4, 0.5) is 5.69 Å².